The molecule has 2 nitrogen and oxygen atoms in total. The molecule has 1 aromatic carbocycles. The third-order valence-electron chi connectivity index (χ3n) is 2.75. The molecule has 0 bridgehead atoms. The fourth-order valence-corrected chi connectivity index (χ4v) is 2.23. The van der Waals surface area contributed by atoms with Crippen molar-refractivity contribution in [2.24, 2.45) is 0 Å². The molecule has 80 valence electrons. The predicted octanol–water partition coefficient (Wildman–Crippen LogP) is 2.77. The molecule has 1 aliphatic rings. The van der Waals surface area contributed by atoms with Crippen molar-refractivity contribution in [2.45, 2.75) is 19.8 Å². The highest BCUT2D eigenvalue weighted by Gasteiger charge is 2.18. The average Bonchev–Trinajstić information content (AvgIpc) is 2.72. The first-order valence-electron chi connectivity index (χ1n) is 5.37. The predicted molar refractivity (Wildman–Crippen MR) is 68.1 cm³/mol. The SMILES string of the molecule is Cc1cccc(N(C=S)N2CCCC2)c1. The van der Waals surface area contributed by atoms with Crippen molar-refractivity contribution in [1.29, 1.82) is 0 Å². The number of thiocarbonyl (C=S) groups is 1. The van der Waals surface area contributed by atoms with Crippen LogP contribution in [0, 0.1) is 6.92 Å². The third-order valence-corrected chi connectivity index (χ3v) is 2.95. The molecule has 1 aliphatic heterocycles. The first-order chi connectivity index (χ1) is 7.31. The third kappa shape index (κ3) is 2.36. The van der Waals surface area contributed by atoms with Gasteiger partial charge in [-0.15, -0.1) is 0 Å². The fourth-order valence-electron chi connectivity index (χ4n) is 1.98. The first kappa shape index (κ1) is 10.6. The minimum atomic E-state index is 1.11. The van der Waals surface area contributed by atoms with Gasteiger partial charge in [0.2, 0.25) is 0 Å². The normalized spacial score (nSPS) is 16.6. The molecule has 0 N–H and O–H groups in total. The van der Waals surface area contributed by atoms with E-state index in [9.17, 15) is 0 Å². The molecule has 3 heteroatoms. The molecule has 2 rings (SSSR count). The van der Waals surface area contributed by atoms with E-state index >= 15 is 0 Å². The smallest absolute Gasteiger partial charge is 0.0848 e. The lowest BCUT2D eigenvalue weighted by Gasteiger charge is -2.29. The summed E-state index contributed by atoms with van der Waals surface area (Å²) in [7, 11) is 0. The minimum absolute atomic E-state index is 1.11. The van der Waals surface area contributed by atoms with E-state index < -0.39 is 0 Å². The van der Waals surface area contributed by atoms with Crippen molar-refractivity contribution < 1.29 is 0 Å². The summed E-state index contributed by atoms with van der Waals surface area (Å²) in [5, 5.41) is 4.40. The van der Waals surface area contributed by atoms with Gasteiger partial charge in [-0.05, 0) is 37.5 Å². The van der Waals surface area contributed by atoms with Gasteiger partial charge in [-0.1, -0.05) is 24.4 Å². The van der Waals surface area contributed by atoms with Gasteiger partial charge < -0.3 is 0 Å². The van der Waals surface area contributed by atoms with Crippen molar-refractivity contribution in [1.82, 2.24) is 5.01 Å². The largest absolute Gasteiger partial charge is 0.271 e. The number of aryl methyl sites for hydroxylation is 1. The first-order valence-corrected chi connectivity index (χ1v) is 5.84. The number of benzene rings is 1. The topological polar surface area (TPSA) is 6.48 Å². The van der Waals surface area contributed by atoms with Crippen LogP contribution in [-0.2, 0) is 0 Å². The molecule has 0 saturated carbocycles. The van der Waals surface area contributed by atoms with Gasteiger partial charge >= 0.3 is 0 Å². The van der Waals surface area contributed by atoms with Crippen LogP contribution in [0.25, 0.3) is 0 Å². The van der Waals surface area contributed by atoms with Crippen LogP contribution in [0.4, 0.5) is 5.69 Å². The minimum Gasteiger partial charge on any atom is -0.271 e. The lowest BCUT2D eigenvalue weighted by atomic mass is 10.2. The summed E-state index contributed by atoms with van der Waals surface area (Å²) < 4.78 is 0. The number of nitrogens with zero attached hydrogens (tertiary/aromatic N) is 2. The van der Waals surface area contributed by atoms with E-state index in [2.05, 4.69) is 41.2 Å². The summed E-state index contributed by atoms with van der Waals surface area (Å²) in [5.41, 5.74) is 4.18. The molecule has 0 atom stereocenters. The Balaban J connectivity index is 2.21. The van der Waals surface area contributed by atoms with Crippen LogP contribution in [0.1, 0.15) is 18.4 Å². The standard InChI is InChI=1S/C12H16N2S/c1-11-5-4-6-12(9-11)14(10-15)13-7-2-3-8-13/h4-6,9-10H,2-3,7-8H2,1H3. The van der Waals surface area contributed by atoms with Gasteiger partial charge in [0.15, 0.2) is 0 Å². The molecular weight excluding hydrogens is 204 g/mol. The molecule has 0 unspecified atom stereocenters. The van der Waals surface area contributed by atoms with Crippen LogP contribution < -0.4 is 5.01 Å². The zero-order chi connectivity index (χ0) is 10.7. The molecule has 0 radical (unpaired) electrons. The second-order valence-corrected chi connectivity index (χ2v) is 4.16. The van der Waals surface area contributed by atoms with Crippen LogP contribution >= 0.6 is 12.2 Å². The molecule has 0 aromatic heterocycles. The molecule has 0 spiro atoms. The summed E-state index contributed by atoms with van der Waals surface area (Å²) in [4.78, 5) is 0. The molecule has 1 saturated heterocycles. The Kier molecular flexibility index (Phi) is 3.34. The number of hydrazine groups is 1. The van der Waals surface area contributed by atoms with Gasteiger partial charge in [0.1, 0.15) is 0 Å². The maximum atomic E-state index is 5.09. The van der Waals surface area contributed by atoms with Crippen LogP contribution in [0.3, 0.4) is 0 Å². The van der Waals surface area contributed by atoms with Gasteiger partial charge in [-0.25, -0.2) is 5.01 Å². The summed E-state index contributed by atoms with van der Waals surface area (Å²) in [6.07, 6.45) is 2.54. The molecule has 0 amide bonds. The van der Waals surface area contributed by atoms with Gasteiger partial charge in [0, 0.05) is 13.1 Å². The number of rotatable bonds is 3. The fraction of sp³-hybridized carbons (Fsp3) is 0.417. The Hall–Kier alpha value is -0.930. The Morgan fingerprint density at radius 2 is 2.07 bits per heavy atom. The lowest BCUT2D eigenvalue weighted by Crippen LogP contribution is -2.39. The van der Waals surface area contributed by atoms with Crippen LogP contribution in [0.5, 0.6) is 0 Å². The maximum Gasteiger partial charge on any atom is 0.0848 e. The van der Waals surface area contributed by atoms with E-state index in [1.165, 1.54) is 24.1 Å². The van der Waals surface area contributed by atoms with E-state index in [1.54, 1.807) is 5.49 Å². The van der Waals surface area contributed by atoms with E-state index in [4.69, 9.17) is 12.2 Å². The molecule has 15 heavy (non-hydrogen) atoms. The van der Waals surface area contributed by atoms with Crippen molar-refractivity contribution in [3.8, 4) is 0 Å². The molecule has 1 heterocycles. The van der Waals surface area contributed by atoms with E-state index in [1.807, 2.05) is 0 Å². The van der Waals surface area contributed by atoms with E-state index in [0.717, 1.165) is 13.1 Å². The highest BCUT2D eigenvalue weighted by Crippen LogP contribution is 2.20. The van der Waals surface area contributed by atoms with Crippen LogP contribution in [-0.4, -0.2) is 23.6 Å². The Morgan fingerprint density at radius 1 is 1.33 bits per heavy atom. The highest BCUT2D eigenvalue weighted by molar-refractivity contribution is 7.79. The number of hydrogen-bond donors (Lipinski definition) is 0. The number of hydrogen-bond acceptors (Lipinski definition) is 2. The quantitative estimate of drug-likeness (QED) is 0.723. The highest BCUT2D eigenvalue weighted by atomic mass is 32.1. The second kappa shape index (κ2) is 4.73. The van der Waals surface area contributed by atoms with Crippen molar-refractivity contribution >= 4 is 23.4 Å². The summed E-state index contributed by atoms with van der Waals surface area (Å²) in [6.45, 7) is 4.33. The lowest BCUT2D eigenvalue weighted by molar-refractivity contribution is 0.359. The zero-order valence-corrected chi connectivity index (χ0v) is 9.83. The van der Waals surface area contributed by atoms with Crippen LogP contribution in [0.15, 0.2) is 24.3 Å². The summed E-state index contributed by atoms with van der Waals surface area (Å²) >= 11 is 5.09. The molecule has 1 aromatic rings. The maximum absolute atomic E-state index is 5.09. The van der Waals surface area contributed by atoms with Crippen molar-refractivity contribution in [2.75, 3.05) is 18.1 Å². The Morgan fingerprint density at radius 3 is 2.67 bits per heavy atom. The van der Waals surface area contributed by atoms with Gasteiger partial charge in [0.25, 0.3) is 0 Å². The summed E-state index contributed by atoms with van der Waals surface area (Å²) in [6, 6.07) is 8.46. The molecular formula is C12H16N2S. The van der Waals surface area contributed by atoms with E-state index in [0.29, 0.717) is 0 Å². The van der Waals surface area contributed by atoms with Crippen molar-refractivity contribution in [3.63, 3.8) is 0 Å². The molecule has 1 fully saturated rings. The summed E-state index contributed by atoms with van der Waals surface area (Å²) in [5.74, 6) is 0. The monoisotopic (exact) mass is 220 g/mol. The second-order valence-electron chi connectivity index (χ2n) is 3.95. The van der Waals surface area contributed by atoms with Crippen LogP contribution in [0.2, 0.25) is 0 Å². The van der Waals surface area contributed by atoms with Crippen molar-refractivity contribution in [3.05, 3.63) is 29.8 Å². The van der Waals surface area contributed by atoms with Gasteiger partial charge in [0.05, 0.1) is 11.2 Å². The zero-order valence-electron chi connectivity index (χ0n) is 9.02. The van der Waals surface area contributed by atoms with Gasteiger partial charge in [-0.3, -0.25) is 5.01 Å². The Bertz CT molecular complexity index is 345. The molecule has 0 aliphatic carbocycles. The number of anilines is 1. The average molecular weight is 220 g/mol. The van der Waals surface area contributed by atoms with Gasteiger partial charge in [-0.2, -0.15) is 0 Å². The van der Waals surface area contributed by atoms with E-state index in [-0.39, 0.29) is 0 Å². The Labute approximate surface area is 96.5 Å².